The maximum Gasteiger partial charge on any atom is 0.257 e. The Kier molecular flexibility index (Phi) is 3.48. The average molecular weight is 262 g/mol. The molecule has 3 N–H and O–H groups in total. The minimum atomic E-state index is -0.255. The molecule has 0 aliphatic heterocycles. The number of aryl methyl sites for hydroxylation is 1. The standard InChI is InChI=1S/C13H12ClN3O/c1-8-10(3-2-6-16-8)13(18)17-12-7-9(14)4-5-11(12)15/h2-7H,15H2,1H3,(H,17,18). The molecule has 5 heteroatoms. The van der Waals surface area contributed by atoms with Crippen LogP contribution in [0.2, 0.25) is 5.02 Å². The summed E-state index contributed by atoms with van der Waals surface area (Å²) < 4.78 is 0. The van der Waals surface area contributed by atoms with E-state index in [0.29, 0.717) is 27.7 Å². The van der Waals surface area contributed by atoms with Crippen molar-refractivity contribution in [2.24, 2.45) is 0 Å². The highest BCUT2D eigenvalue weighted by Gasteiger charge is 2.11. The van der Waals surface area contributed by atoms with Crippen LogP contribution in [0.4, 0.5) is 11.4 Å². The molecular formula is C13H12ClN3O. The summed E-state index contributed by atoms with van der Waals surface area (Å²) in [6.45, 7) is 1.77. The number of carbonyl (C=O) groups is 1. The van der Waals surface area contributed by atoms with Gasteiger partial charge in [-0.3, -0.25) is 9.78 Å². The lowest BCUT2D eigenvalue weighted by molar-refractivity contribution is 0.102. The summed E-state index contributed by atoms with van der Waals surface area (Å²) in [4.78, 5) is 16.1. The van der Waals surface area contributed by atoms with Crippen LogP contribution in [0.5, 0.6) is 0 Å². The van der Waals surface area contributed by atoms with Crippen molar-refractivity contribution >= 4 is 28.9 Å². The topological polar surface area (TPSA) is 68.0 Å². The number of pyridine rings is 1. The van der Waals surface area contributed by atoms with Crippen LogP contribution >= 0.6 is 11.6 Å². The van der Waals surface area contributed by atoms with Gasteiger partial charge in [-0.15, -0.1) is 0 Å². The van der Waals surface area contributed by atoms with Gasteiger partial charge in [0, 0.05) is 16.9 Å². The van der Waals surface area contributed by atoms with Crippen molar-refractivity contribution in [1.29, 1.82) is 0 Å². The van der Waals surface area contributed by atoms with E-state index in [1.807, 2.05) is 0 Å². The van der Waals surface area contributed by atoms with Crippen molar-refractivity contribution in [1.82, 2.24) is 4.98 Å². The predicted octanol–water partition coefficient (Wildman–Crippen LogP) is 2.88. The number of hydrogen-bond acceptors (Lipinski definition) is 3. The highest BCUT2D eigenvalue weighted by molar-refractivity contribution is 6.31. The normalized spacial score (nSPS) is 10.1. The number of nitrogens with two attached hydrogens (primary N) is 1. The largest absolute Gasteiger partial charge is 0.397 e. The molecule has 1 aromatic carbocycles. The number of benzene rings is 1. The molecule has 1 amide bonds. The molecule has 0 aliphatic rings. The first-order valence-corrected chi connectivity index (χ1v) is 5.73. The van der Waals surface area contributed by atoms with Crippen LogP contribution in [0.25, 0.3) is 0 Å². The third kappa shape index (κ3) is 2.60. The Balaban J connectivity index is 2.27. The lowest BCUT2D eigenvalue weighted by atomic mass is 10.2. The van der Waals surface area contributed by atoms with Gasteiger partial charge in [0.15, 0.2) is 0 Å². The van der Waals surface area contributed by atoms with Crippen molar-refractivity contribution in [2.45, 2.75) is 6.92 Å². The van der Waals surface area contributed by atoms with Crippen molar-refractivity contribution in [3.8, 4) is 0 Å². The number of nitrogen functional groups attached to an aromatic ring is 1. The van der Waals surface area contributed by atoms with Crippen LogP contribution in [-0.4, -0.2) is 10.9 Å². The third-order valence-corrected chi connectivity index (χ3v) is 2.75. The Morgan fingerprint density at radius 1 is 1.39 bits per heavy atom. The monoisotopic (exact) mass is 261 g/mol. The molecule has 0 unspecified atom stereocenters. The number of amides is 1. The molecule has 1 heterocycles. The first-order chi connectivity index (χ1) is 8.58. The molecule has 0 bridgehead atoms. The van der Waals surface area contributed by atoms with E-state index in [4.69, 9.17) is 17.3 Å². The molecule has 0 atom stereocenters. The van der Waals surface area contributed by atoms with Gasteiger partial charge in [0.25, 0.3) is 5.91 Å². The first kappa shape index (κ1) is 12.4. The van der Waals surface area contributed by atoms with Crippen molar-refractivity contribution in [2.75, 3.05) is 11.1 Å². The van der Waals surface area contributed by atoms with Gasteiger partial charge < -0.3 is 11.1 Å². The second kappa shape index (κ2) is 5.06. The van der Waals surface area contributed by atoms with Gasteiger partial charge in [0.05, 0.1) is 16.9 Å². The van der Waals surface area contributed by atoms with Crippen LogP contribution in [0.3, 0.4) is 0 Å². The quantitative estimate of drug-likeness (QED) is 0.817. The zero-order chi connectivity index (χ0) is 13.1. The van der Waals surface area contributed by atoms with E-state index in [1.54, 1.807) is 43.5 Å². The number of nitrogens with one attached hydrogen (secondary N) is 1. The lowest BCUT2D eigenvalue weighted by Gasteiger charge is -2.09. The van der Waals surface area contributed by atoms with Crippen LogP contribution < -0.4 is 11.1 Å². The molecule has 0 spiro atoms. The van der Waals surface area contributed by atoms with E-state index >= 15 is 0 Å². The van der Waals surface area contributed by atoms with Gasteiger partial charge in [0.2, 0.25) is 0 Å². The fraction of sp³-hybridized carbons (Fsp3) is 0.0769. The Hall–Kier alpha value is -2.07. The number of carbonyl (C=O) groups excluding carboxylic acids is 1. The number of halogens is 1. The Bertz CT molecular complexity index is 599. The minimum absolute atomic E-state index is 0.255. The highest BCUT2D eigenvalue weighted by Crippen LogP contribution is 2.23. The van der Waals surface area contributed by atoms with E-state index in [9.17, 15) is 4.79 Å². The van der Waals surface area contributed by atoms with Crippen molar-refractivity contribution in [3.63, 3.8) is 0 Å². The zero-order valence-electron chi connectivity index (χ0n) is 9.77. The molecule has 0 aliphatic carbocycles. The zero-order valence-corrected chi connectivity index (χ0v) is 10.5. The molecule has 18 heavy (non-hydrogen) atoms. The van der Waals surface area contributed by atoms with Gasteiger partial charge in [-0.25, -0.2) is 0 Å². The van der Waals surface area contributed by atoms with E-state index < -0.39 is 0 Å². The average Bonchev–Trinajstić information content (AvgIpc) is 2.34. The summed E-state index contributed by atoms with van der Waals surface area (Å²) in [5.74, 6) is -0.255. The molecule has 4 nitrogen and oxygen atoms in total. The van der Waals surface area contributed by atoms with Gasteiger partial charge in [-0.05, 0) is 37.3 Å². The second-order valence-electron chi connectivity index (χ2n) is 3.82. The fourth-order valence-corrected chi connectivity index (χ4v) is 1.72. The van der Waals surface area contributed by atoms with Crippen LogP contribution in [0.15, 0.2) is 36.5 Å². The van der Waals surface area contributed by atoms with Gasteiger partial charge in [-0.1, -0.05) is 11.6 Å². The van der Waals surface area contributed by atoms with E-state index in [-0.39, 0.29) is 5.91 Å². The number of anilines is 2. The van der Waals surface area contributed by atoms with Crippen molar-refractivity contribution in [3.05, 3.63) is 52.8 Å². The maximum atomic E-state index is 12.0. The smallest absolute Gasteiger partial charge is 0.257 e. The van der Waals surface area contributed by atoms with E-state index in [2.05, 4.69) is 10.3 Å². The van der Waals surface area contributed by atoms with Crippen molar-refractivity contribution < 1.29 is 4.79 Å². The molecule has 0 radical (unpaired) electrons. The number of nitrogens with zero attached hydrogens (tertiary/aromatic N) is 1. The minimum Gasteiger partial charge on any atom is -0.397 e. The maximum absolute atomic E-state index is 12.0. The molecule has 0 saturated carbocycles. The molecule has 0 fully saturated rings. The summed E-state index contributed by atoms with van der Waals surface area (Å²) in [5.41, 5.74) is 7.90. The molecule has 0 saturated heterocycles. The van der Waals surface area contributed by atoms with Gasteiger partial charge in [-0.2, -0.15) is 0 Å². The molecule has 2 rings (SSSR count). The first-order valence-electron chi connectivity index (χ1n) is 5.36. The fourth-order valence-electron chi connectivity index (χ4n) is 1.55. The highest BCUT2D eigenvalue weighted by atomic mass is 35.5. The number of rotatable bonds is 2. The SMILES string of the molecule is Cc1ncccc1C(=O)Nc1cc(Cl)ccc1N. The molecule has 1 aromatic heterocycles. The van der Waals surface area contributed by atoms with Gasteiger partial charge >= 0.3 is 0 Å². The Morgan fingerprint density at radius 3 is 2.89 bits per heavy atom. The summed E-state index contributed by atoms with van der Waals surface area (Å²) in [6.07, 6.45) is 1.64. The molecule has 2 aromatic rings. The predicted molar refractivity (Wildman–Crippen MR) is 72.8 cm³/mol. The Labute approximate surface area is 110 Å². The summed E-state index contributed by atoms with van der Waals surface area (Å²) >= 11 is 5.86. The Morgan fingerprint density at radius 2 is 2.17 bits per heavy atom. The van der Waals surface area contributed by atoms with E-state index in [0.717, 1.165) is 0 Å². The third-order valence-electron chi connectivity index (χ3n) is 2.52. The van der Waals surface area contributed by atoms with Crippen LogP contribution in [0.1, 0.15) is 16.1 Å². The number of hydrogen-bond donors (Lipinski definition) is 2. The summed E-state index contributed by atoms with van der Waals surface area (Å²) in [6, 6.07) is 8.35. The van der Waals surface area contributed by atoms with Gasteiger partial charge in [0.1, 0.15) is 0 Å². The summed E-state index contributed by atoms with van der Waals surface area (Å²) in [7, 11) is 0. The number of aromatic nitrogens is 1. The van der Waals surface area contributed by atoms with E-state index in [1.165, 1.54) is 0 Å². The van der Waals surface area contributed by atoms with Crippen LogP contribution in [0, 0.1) is 6.92 Å². The molecular weight excluding hydrogens is 250 g/mol. The second-order valence-corrected chi connectivity index (χ2v) is 4.26. The lowest BCUT2D eigenvalue weighted by Crippen LogP contribution is -2.15. The van der Waals surface area contributed by atoms with Crippen LogP contribution in [-0.2, 0) is 0 Å². The molecule has 92 valence electrons. The summed E-state index contributed by atoms with van der Waals surface area (Å²) in [5, 5.41) is 3.24.